The van der Waals surface area contributed by atoms with Crippen LogP contribution in [0.2, 0.25) is 0 Å². The van der Waals surface area contributed by atoms with E-state index in [4.69, 9.17) is 0 Å². The molecule has 3 heteroatoms. The van der Waals surface area contributed by atoms with Crippen molar-refractivity contribution in [3.63, 3.8) is 0 Å². The van der Waals surface area contributed by atoms with Gasteiger partial charge < -0.3 is 4.90 Å². The van der Waals surface area contributed by atoms with Crippen LogP contribution in [0.3, 0.4) is 0 Å². The zero-order valence-electron chi connectivity index (χ0n) is 13.8. The minimum Gasteiger partial charge on any atom is -0.308 e. The van der Waals surface area contributed by atoms with E-state index in [0.717, 1.165) is 11.3 Å². The number of rotatable bonds is 5. The van der Waals surface area contributed by atoms with Gasteiger partial charge in [0.2, 0.25) is 5.91 Å². The summed E-state index contributed by atoms with van der Waals surface area (Å²) >= 11 is 0. The summed E-state index contributed by atoms with van der Waals surface area (Å²) in [5, 5.41) is 0. The Labute approximate surface area is 133 Å². The van der Waals surface area contributed by atoms with E-state index in [1.807, 2.05) is 29.3 Å². The summed E-state index contributed by atoms with van der Waals surface area (Å²) in [6.45, 7) is 8.86. The maximum atomic E-state index is 12.7. The number of pyridine rings is 1. The number of aromatic nitrogens is 1. The zero-order valence-corrected chi connectivity index (χ0v) is 13.8. The number of hydrogen-bond acceptors (Lipinski definition) is 2. The Hall–Kier alpha value is -2.16. The molecule has 0 radical (unpaired) electrons. The molecule has 0 saturated carbocycles. The van der Waals surface area contributed by atoms with E-state index in [1.165, 1.54) is 11.1 Å². The number of hydrogen-bond donors (Lipinski definition) is 0. The van der Waals surface area contributed by atoms with Gasteiger partial charge in [0, 0.05) is 24.5 Å². The van der Waals surface area contributed by atoms with E-state index >= 15 is 0 Å². The van der Waals surface area contributed by atoms with Gasteiger partial charge in [-0.05, 0) is 54.7 Å². The van der Waals surface area contributed by atoms with Crippen molar-refractivity contribution in [2.45, 2.75) is 40.7 Å². The van der Waals surface area contributed by atoms with Crippen molar-refractivity contribution in [1.29, 1.82) is 0 Å². The van der Waals surface area contributed by atoms with Crippen molar-refractivity contribution in [1.82, 2.24) is 4.98 Å². The SMILES string of the molecule is Cc1ccc(N(Cc2cccnc2)C(=O)CC(C)C)cc1C. The Kier molecular flexibility index (Phi) is 5.31. The zero-order chi connectivity index (χ0) is 16.1. The Morgan fingerprint density at radius 3 is 2.55 bits per heavy atom. The van der Waals surface area contributed by atoms with Gasteiger partial charge in [-0.1, -0.05) is 26.0 Å². The number of carbonyl (C=O) groups excluding carboxylic acids is 1. The van der Waals surface area contributed by atoms with Crippen LogP contribution in [0.4, 0.5) is 5.69 Å². The molecule has 0 bridgehead atoms. The third-order valence-electron chi connectivity index (χ3n) is 3.75. The minimum absolute atomic E-state index is 0.155. The maximum Gasteiger partial charge on any atom is 0.227 e. The molecule has 2 aromatic rings. The average molecular weight is 296 g/mol. The van der Waals surface area contributed by atoms with E-state index in [0.29, 0.717) is 18.9 Å². The summed E-state index contributed by atoms with van der Waals surface area (Å²) in [6.07, 6.45) is 4.11. The van der Waals surface area contributed by atoms with Gasteiger partial charge in [-0.15, -0.1) is 0 Å². The van der Waals surface area contributed by atoms with Crippen LogP contribution in [-0.2, 0) is 11.3 Å². The van der Waals surface area contributed by atoms with E-state index in [2.05, 4.69) is 44.8 Å². The first-order valence-corrected chi connectivity index (χ1v) is 7.74. The Morgan fingerprint density at radius 2 is 1.95 bits per heavy atom. The number of benzene rings is 1. The van der Waals surface area contributed by atoms with E-state index in [9.17, 15) is 4.79 Å². The molecule has 0 spiro atoms. The second-order valence-corrected chi connectivity index (χ2v) is 6.21. The maximum absolute atomic E-state index is 12.7. The van der Waals surface area contributed by atoms with Crippen LogP contribution in [0.25, 0.3) is 0 Å². The fourth-order valence-corrected chi connectivity index (χ4v) is 2.35. The fraction of sp³-hybridized carbons (Fsp3) is 0.368. The molecule has 0 aliphatic carbocycles. The lowest BCUT2D eigenvalue weighted by Gasteiger charge is -2.24. The molecule has 0 saturated heterocycles. The summed E-state index contributed by atoms with van der Waals surface area (Å²) in [5.41, 5.74) is 4.43. The smallest absolute Gasteiger partial charge is 0.227 e. The van der Waals surface area contributed by atoms with E-state index in [1.54, 1.807) is 6.20 Å². The van der Waals surface area contributed by atoms with Gasteiger partial charge >= 0.3 is 0 Å². The van der Waals surface area contributed by atoms with Crippen LogP contribution in [0, 0.1) is 19.8 Å². The molecule has 0 aliphatic rings. The van der Waals surface area contributed by atoms with Crippen molar-refractivity contribution in [2.24, 2.45) is 5.92 Å². The Bertz CT molecular complexity index is 635. The van der Waals surface area contributed by atoms with Crippen molar-refractivity contribution >= 4 is 11.6 Å². The highest BCUT2D eigenvalue weighted by Gasteiger charge is 2.18. The van der Waals surface area contributed by atoms with Crippen LogP contribution < -0.4 is 4.90 Å². The number of carbonyl (C=O) groups is 1. The molecule has 0 aliphatic heterocycles. The second-order valence-electron chi connectivity index (χ2n) is 6.21. The minimum atomic E-state index is 0.155. The lowest BCUT2D eigenvalue weighted by atomic mass is 10.1. The highest BCUT2D eigenvalue weighted by Crippen LogP contribution is 2.22. The fourth-order valence-electron chi connectivity index (χ4n) is 2.35. The van der Waals surface area contributed by atoms with E-state index < -0.39 is 0 Å². The number of nitrogens with zero attached hydrogens (tertiary/aromatic N) is 2. The van der Waals surface area contributed by atoms with Gasteiger partial charge in [-0.3, -0.25) is 9.78 Å². The third-order valence-corrected chi connectivity index (χ3v) is 3.75. The van der Waals surface area contributed by atoms with Gasteiger partial charge in [0.25, 0.3) is 0 Å². The number of aryl methyl sites for hydroxylation is 2. The molecule has 2 rings (SSSR count). The first-order valence-electron chi connectivity index (χ1n) is 7.74. The molecule has 0 unspecified atom stereocenters. The van der Waals surface area contributed by atoms with Gasteiger partial charge in [0.15, 0.2) is 0 Å². The van der Waals surface area contributed by atoms with Crippen LogP contribution in [0.5, 0.6) is 0 Å². The number of amides is 1. The van der Waals surface area contributed by atoms with Crippen molar-refractivity contribution in [3.8, 4) is 0 Å². The molecule has 22 heavy (non-hydrogen) atoms. The lowest BCUT2D eigenvalue weighted by Crippen LogP contribution is -2.31. The quantitative estimate of drug-likeness (QED) is 0.825. The van der Waals surface area contributed by atoms with Crippen LogP contribution in [0.1, 0.15) is 37.0 Å². The first-order chi connectivity index (χ1) is 10.5. The highest BCUT2D eigenvalue weighted by molar-refractivity contribution is 5.93. The van der Waals surface area contributed by atoms with Gasteiger partial charge in [-0.25, -0.2) is 0 Å². The second kappa shape index (κ2) is 7.21. The molecule has 3 nitrogen and oxygen atoms in total. The summed E-state index contributed by atoms with van der Waals surface area (Å²) in [4.78, 5) is 18.7. The largest absolute Gasteiger partial charge is 0.308 e. The Morgan fingerprint density at radius 1 is 1.18 bits per heavy atom. The average Bonchev–Trinajstić information content (AvgIpc) is 2.48. The molecule has 0 atom stereocenters. The number of anilines is 1. The topological polar surface area (TPSA) is 33.2 Å². The van der Waals surface area contributed by atoms with Crippen LogP contribution >= 0.6 is 0 Å². The predicted molar refractivity (Wildman–Crippen MR) is 90.8 cm³/mol. The molecule has 1 aromatic carbocycles. The molecule has 0 N–H and O–H groups in total. The van der Waals surface area contributed by atoms with Crippen LogP contribution in [0.15, 0.2) is 42.7 Å². The molecule has 0 fully saturated rings. The normalized spacial score (nSPS) is 10.8. The first kappa shape index (κ1) is 16.2. The van der Waals surface area contributed by atoms with Crippen molar-refractivity contribution < 1.29 is 4.79 Å². The monoisotopic (exact) mass is 296 g/mol. The summed E-state index contributed by atoms with van der Waals surface area (Å²) < 4.78 is 0. The lowest BCUT2D eigenvalue weighted by molar-refractivity contribution is -0.119. The molecule has 116 valence electrons. The summed E-state index contributed by atoms with van der Waals surface area (Å²) in [7, 11) is 0. The van der Waals surface area contributed by atoms with Crippen molar-refractivity contribution in [2.75, 3.05) is 4.90 Å². The molecule has 1 heterocycles. The van der Waals surface area contributed by atoms with Gasteiger partial charge in [0.05, 0.1) is 6.54 Å². The Balaban J connectivity index is 2.31. The van der Waals surface area contributed by atoms with E-state index in [-0.39, 0.29) is 5.91 Å². The molecular formula is C19H24N2O. The van der Waals surface area contributed by atoms with Crippen LogP contribution in [-0.4, -0.2) is 10.9 Å². The third kappa shape index (κ3) is 4.17. The predicted octanol–water partition coefficient (Wildman–Crippen LogP) is 4.28. The van der Waals surface area contributed by atoms with Gasteiger partial charge in [-0.2, -0.15) is 0 Å². The summed E-state index contributed by atoms with van der Waals surface area (Å²) in [5.74, 6) is 0.498. The molecule has 1 amide bonds. The van der Waals surface area contributed by atoms with Crippen molar-refractivity contribution in [3.05, 3.63) is 59.4 Å². The molecular weight excluding hydrogens is 272 g/mol. The highest BCUT2D eigenvalue weighted by atomic mass is 16.2. The van der Waals surface area contributed by atoms with Gasteiger partial charge in [0.1, 0.15) is 0 Å². The standard InChI is InChI=1S/C19H24N2O/c1-14(2)10-19(22)21(13-17-6-5-9-20-12-17)18-8-7-15(3)16(4)11-18/h5-9,11-12,14H,10,13H2,1-4H3. The molecule has 1 aromatic heterocycles. The summed E-state index contributed by atoms with van der Waals surface area (Å²) in [6, 6.07) is 10.1.